The fraction of sp³-hybridized carbons (Fsp3) is 0.667. The summed E-state index contributed by atoms with van der Waals surface area (Å²) in [6.07, 6.45) is 6.22. The Morgan fingerprint density at radius 2 is 2.43 bits per heavy atom. The molecular weight excluding hydrogens is 174 g/mol. The number of nitriles is 1. The third-order valence-corrected chi connectivity index (χ3v) is 3.67. The molecule has 14 heavy (non-hydrogen) atoms. The molecule has 1 fully saturated rings. The van der Waals surface area contributed by atoms with Gasteiger partial charge in [0.2, 0.25) is 0 Å². The van der Waals surface area contributed by atoms with Gasteiger partial charge in [0, 0.05) is 12.3 Å². The van der Waals surface area contributed by atoms with Gasteiger partial charge in [0.1, 0.15) is 5.78 Å². The predicted molar refractivity (Wildman–Crippen MR) is 53.4 cm³/mol. The zero-order valence-electron chi connectivity index (χ0n) is 8.55. The minimum Gasteiger partial charge on any atom is -0.299 e. The molecule has 0 bridgehead atoms. The van der Waals surface area contributed by atoms with Crippen LogP contribution in [0.3, 0.4) is 0 Å². The summed E-state index contributed by atoms with van der Waals surface area (Å²) in [7, 11) is 0. The third-order valence-electron chi connectivity index (χ3n) is 3.67. The molecule has 0 aromatic heterocycles. The van der Waals surface area contributed by atoms with Crippen LogP contribution >= 0.6 is 0 Å². The van der Waals surface area contributed by atoms with Crippen LogP contribution in [-0.2, 0) is 4.79 Å². The van der Waals surface area contributed by atoms with E-state index in [4.69, 9.17) is 0 Å². The predicted octanol–water partition coefficient (Wildman–Crippen LogP) is 2.61. The molecule has 1 unspecified atom stereocenters. The lowest BCUT2D eigenvalue weighted by Crippen LogP contribution is -2.40. The first-order valence-corrected chi connectivity index (χ1v) is 5.27. The van der Waals surface area contributed by atoms with Crippen molar-refractivity contribution >= 4 is 5.78 Å². The van der Waals surface area contributed by atoms with Gasteiger partial charge in [-0.15, -0.1) is 0 Å². The Hall–Kier alpha value is -1.10. The quantitative estimate of drug-likeness (QED) is 0.549. The zero-order valence-corrected chi connectivity index (χ0v) is 8.55. The molecule has 0 spiro atoms. The van der Waals surface area contributed by atoms with Gasteiger partial charge in [0.05, 0.1) is 11.5 Å². The molecule has 2 aliphatic rings. The lowest BCUT2D eigenvalue weighted by atomic mass is 9.60. The van der Waals surface area contributed by atoms with Crippen molar-refractivity contribution in [1.82, 2.24) is 0 Å². The Labute approximate surface area is 84.6 Å². The molecule has 2 rings (SSSR count). The lowest BCUT2D eigenvalue weighted by Gasteiger charge is -2.40. The summed E-state index contributed by atoms with van der Waals surface area (Å²) in [5.41, 5.74) is 0.922. The standard InChI is InChI=1S/C12H15NO/c1-9-4-6-12(8-13)5-2-3-11(14)10(12)7-9/h4,10H,2-3,5-7H2,1H3/t10?,12-/m1/s1. The number of allylic oxidation sites excluding steroid dienone is 2. The highest BCUT2D eigenvalue weighted by molar-refractivity contribution is 5.83. The first-order chi connectivity index (χ1) is 6.68. The molecule has 0 saturated heterocycles. The number of fused-ring (bicyclic) bond motifs is 1. The second-order valence-electron chi connectivity index (χ2n) is 4.60. The fourth-order valence-electron chi connectivity index (χ4n) is 2.73. The second-order valence-corrected chi connectivity index (χ2v) is 4.60. The van der Waals surface area contributed by atoms with Crippen molar-refractivity contribution in [2.24, 2.45) is 11.3 Å². The van der Waals surface area contributed by atoms with E-state index in [9.17, 15) is 10.1 Å². The minimum atomic E-state index is -0.352. The van der Waals surface area contributed by atoms with Crippen LogP contribution in [-0.4, -0.2) is 5.78 Å². The largest absolute Gasteiger partial charge is 0.299 e. The summed E-state index contributed by atoms with van der Waals surface area (Å²) < 4.78 is 0. The van der Waals surface area contributed by atoms with Crippen LogP contribution in [0.15, 0.2) is 11.6 Å². The maximum absolute atomic E-state index is 11.8. The summed E-state index contributed by atoms with van der Waals surface area (Å²) >= 11 is 0. The summed E-state index contributed by atoms with van der Waals surface area (Å²) in [5, 5.41) is 9.25. The third kappa shape index (κ3) is 1.28. The number of carbonyl (C=O) groups is 1. The Morgan fingerprint density at radius 1 is 1.64 bits per heavy atom. The van der Waals surface area contributed by atoms with Gasteiger partial charge in [-0.2, -0.15) is 5.26 Å². The molecule has 2 aliphatic carbocycles. The number of Topliss-reactive ketones (excluding diaryl/α,β-unsaturated/α-hetero) is 1. The van der Waals surface area contributed by atoms with Crippen LogP contribution in [0, 0.1) is 22.7 Å². The number of ketones is 1. The molecule has 1 saturated carbocycles. The molecule has 0 aliphatic heterocycles. The summed E-state index contributed by atoms with van der Waals surface area (Å²) in [5.74, 6) is 0.302. The van der Waals surface area contributed by atoms with Gasteiger partial charge in [0.15, 0.2) is 0 Å². The van der Waals surface area contributed by atoms with Crippen LogP contribution in [0.1, 0.15) is 39.0 Å². The van der Waals surface area contributed by atoms with Gasteiger partial charge >= 0.3 is 0 Å². The zero-order chi connectivity index (χ0) is 10.2. The van der Waals surface area contributed by atoms with Crippen molar-refractivity contribution in [3.05, 3.63) is 11.6 Å². The van der Waals surface area contributed by atoms with Crippen LogP contribution < -0.4 is 0 Å². The van der Waals surface area contributed by atoms with Crippen molar-refractivity contribution < 1.29 is 4.79 Å². The van der Waals surface area contributed by atoms with Gasteiger partial charge in [-0.25, -0.2) is 0 Å². The van der Waals surface area contributed by atoms with E-state index in [0.29, 0.717) is 12.2 Å². The minimum absolute atomic E-state index is 0.00810. The molecule has 0 radical (unpaired) electrons. The Morgan fingerprint density at radius 3 is 3.14 bits per heavy atom. The fourth-order valence-corrected chi connectivity index (χ4v) is 2.73. The SMILES string of the molecule is CC1=CC[C@@]2(C#N)CCCC(=O)C2C1. The molecule has 74 valence electrons. The van der Waals surface area contributed by atoms with Crippen LogP contribution in [0.2, 0.25) is 0 Å². The van der Waals surface area contributed by atoms with Crippen molar-refractivity contribution in [2.45, 2.75) is 39.0 Å². The van der Waals surface area contributed by atoms with Crippen LogP contribution in [0.4, 0.5) is 0 Å². The van der Waals surface area contributed by atoms with Crippen molar-refractivity contribution in [2.75, 3.05) is 0 Å². The van der Waals surface area contributed by atoms with E-state index in [1.165, 1.54) is 5.57 Å². The second kappa shape index (κ2) is 3.24. The summed E-state index contributed by atoms with van der Waals surface area (Å²) in [6.45, 7) is 2.06. The van der Waals surface area contributed by atoms with E-state index in [2.05, 4.69) is 19.1 Å². The summed E-state index contributed by atoms with van der Waals surface area (Å²) in [4.78, 5) is 11.8. The van der Waals surface area contributed by atoms with Crippen molar-refractivity contribution in [3.63, 3.8) is 0 Å². The van der Waals surface area contributed by atoms with Crippen LogP contribution in [0.5, 0.6) is 0 Å². The number of hydrogen-bond acceptors (Lipinski definition) is 2. The Balaban J connectivity index is 2.36. The number of hydrogen-bond donors (Lipinski definition) is 0. The molecular formula is C12H15NO. The topological polar surface area (TPSA) is 40.9 Å². The van der Waals surface area contributed by atoms with Gasteiger partial charge in [-0.3, -0.25) is 4.79 Å². The molecule has 0 heterocycles. The lowest BCUT2D eigenvalue weighted by molar-refractivity contribution is -0.128. The highest BCUT2D eigenvalue weighted by Gasteiger charge is 2.46. The van der Waals surface area contributed by atoms with Crippen molar-refractivity contribution in [1.29, 1.82) is 5.26 Å². The number of rotatable bonds is 0. The molecule has 0 aromatic carbocycles. The Kier molecular flexibility index (Phi) is 2.19. The van der Waals surface area contributed by atoms with Crippen molar-refractivity contribution in [3.8, 4) is 6.07 Å². The van der Waals surface area contributed by atoms with Gasteiger partial charge < -0.3 is 0 Å². The van der Waals surface area contributed by atoms with E-state index in [1.54, 1.807) is 0 Å². The van der Waals surface area contributed by atoms with Gasteiger partial charge in [-0.05, 0) is 32.6 Å². The van der Waals surface area contributed by atoms with E-state index in [-0.39, 0.29) is 11.3 Å². The first kappa shape index (κ1) is 9.45. The maximum atomic E-state index is 11.8. The molecule has 2 nitrogen and oxygen atoms in total. The van der Waals surface area contributed by atoms with Gasteiger partial charge in [0.25, 0.3) is 0 Å². The molecule has 2 atom stereocenters. The smallest absolute Gasteiger partial charge is 0.137 e. The first-order valence-electron chi connectivity index (χ1n) is 5.27. The molecule has 0 amide bonds. The van der Waals surface area contributed by atoms with E-state index >= 15 is 0 Å². The molecule has 0 N–H and O–H groups in total. The number of carbonyl (C=O) groups excluding carboxylic acids is 1. The highest BCUT2D eigenvalue weighted by atomic mass is 16.1. The van der Waals surface area contributed by atoms with E-state index < -0.39 is 0 Å². The number of nitrogens with zero attached hydrogens (tertiary/aromatic N) is 1. The molecule has 0 aromatic rings. The average molecular weight is 189 g/mol. The van der Waals surface area contributed by atoms with Gasteiger partial charge in [-0.1, -0.05) is 11.6 Å². The molecule has 2 heteroatoms. The maximum Gasteiger partial charge on any atom is 0.137 e. The van der Waals surface area contributed by atoms with E-state index in [0.717, 1.165) is 25.7 Å². The monoisotopic (exact) mass is 189 g/mol. The van der Waals surface area contributed by atoms with E-state index in [1.807, 2.05) is 0 Å². The average Bonchev–Trinajstić information content (AvgIpc) is 2.20. The van der Waals surface area contributed by atoms with Crippen LogP contribution in [0.25, 0.3) is 0 Å². The summed E-state index contributed by atoms with van der Waals surface area (Å²) in [6, 6.07) is 2.40. The Bertz CT molecular complexity index is 337. The normalized spacial score (nSPS) is 37.0. The highest BCUT2D eigenvalue weighted by Crippen LogP contribution is 2.47.